The summed E-state index contributed by atoms with van der Waals surface area (Å²) in [4.78, 5) is 21.4. The van der Waals surface area contributed by atoms with Crippen LogP contribution in [0.25, 0.3) is 0 Å². The second-order valence-electron chi connectivity index (χ2n) is 5.21. The molecule has 1 aliphatic rings. The molecule has 2 heterocycles. The van der Waals surface area contributed by atoms with Gasteiger partial charge in [0.2, 0.25) is 11.8 Å². The van der Waals surface area contributed by atoms with Crippen LogP contribution in [0.5, 0.6) is 5.88 Å². The summed E-state index contributed by atoms with van der Waals surface area (Å²) in [6.45, 7) is 6.86. The van der Waals surface area contributed by atoms with Crippen LogP contribution >= 0.6 is 0 Å². The van der Waals surface area contributed by atoms with Gasteiger partial charge in [-0.1, -0.05) is 0 Å². The van der Waals surface area contributed by atoms with Crippen molar-refractivity contribution in [3.8, 4) is 5.88 Å². The number of carbonyl (C=O) groups is 1. The normalized spacial score (nSPS) is 18.4. The maximum absolute atomic E-state index is 11.1. The highest BCUT2D eigenvalue weighted by Crippen LogP contribution is 2.30. The largest absolute Gasteiger partial charge is 0.473 e. The number of amides is 1. The number of aromatic nitrogens is 2. The first-order chi connectivity index (χ1) is 9.47. The van der Waals surface area contributed by atoms with Gasteiger partial charge in [-0.15, -0.1) is 0 Å². The monoisotopic (exact) mass is 279 g/mol. The molecule has 1 aromatic rings. The number of carbonyl (C=O) groups excluding carboxylic acids is 1. The summed E-state index contributed by atoms with van der Waals surface area (Å²) in [7, 11) is 0. The first-order valence-electron chi connectivity index (χ1n) is 6.76. The molecule has 1 aromatic heterocycles. The summed E-state index contributed by atoms with van der Waals surface area (Å²) in [5.41, 5.74) is 6.53. The van der Waals surface area contributed by atoms with E-state index in [9.17, 15) is 4.79 Å². The van der Waals surface area contributed by atoms with Gasteiger partial charge in [0.1, 0.15) is 12.0 Å². The Balaban J connectivity index is 2.12. The minimum absolute atomic E-state index is 0.00533. The molecule has 7 nitrogen and oxygen atoms in total. The number of nitrogens with one attached hydrogen (secondary N) is 1. The van der Waals surface area contributed by atoms with Crippen LogP contribution in [0.4, 0.5) is 11.5 Å². The maximum Gasteiger partial charge on any atom is 0.242 e. The van der Waals surface area contributed by atoms with Gasteiger partial charge in [0, 0.05) is 26.1 Å². The molecule has 1 unspecified atom stereocenters. The van der Waals surface area contributed by atoms with Gasteiger partial charge >= 0.3 is 0 Å². The average Bonchev–Trinajstić information content (AvgIpc) is 2.78. The number of nitrogens with two attached hydrogens (primary N) is 1. The van der Waals surface area contributed by atoms with Crippen molar-refractivity contribution < 1.29 is 9.53 Å². The van der Waals surface area contributed by atoms with E-state index in [1.165, 1.54) is 13.3 Å². The molecule has 0 aliphatic carbocycles. The fraction of sp³-hybridized carbons (Fsp3) is 0.615. The molecule has 1 amide bonds. The smallest absolute Gasteiger partial charge is 0.242 e. The summed E-state index contributed by atoms with van der Waals surface area (Å²) in [6, 6.07) is 0.135. The van der Waals surface area contributed by atoms with Gasteiger partial charge in [-0.25, -0.2) is 4.98 Å². The van der Waals surface area contributed by atoms with Gasteiger partial charge < -0.3 is 20.7 Å². The van der Waals surface area contributed by atoms with Gasteiger partial charge in [-0.05, 0) is 20.3 Å². The Morgan fingerprint density at radius 2 is 2.30 bits per heavy atom. The zero-order chi connectivity index (χ0) is 14.7. The SMILES string of the molecule is CC(=O)NC1CCN(c2ncnc(OC(C)C)c2N)C1. The van der Waals surface area contributed by atoms with E-state index in [0.29, 0.717) is 23.9 Å². The van der Waals surface area contributed by atoms with Gasteiger partial charge in [-0.2, -0.15) is 4.98 Å². The number of rotatable bonds is 4. The Labute approximate surface area is 118 Å². The van der Waals surface area contributed by atoms with Gasteiger partial charge in [0.25, 0.3) is 0 Å². The van der Waals surface area contributed by atoms with E-state index in [1.807, 2.05) is 18.7 Å². The van der Waals surface area contributed by atoms with E-state index in [4.69, 9.17) is 10.5 Å². The molecule has 7 heteroatoms. The fourth-order valence-electron chi connectivity index (χ4n) is 2.30. The summed E-state index contributed by atoms with van der Waals surface area (Å²) in [5.74, 6) is 1.06. The third-order valence-electron chi connectivity index (χ3n) is 3.07. The van der Waals surface area contributed by atoms with Crippen LogP contribution in [-0.4, -0.2) is 41.1 Å². The van der Waals surface area contributed by atoms with Crippen molar-refractivity contribution in [1.29, 1.82) is 0 Å². The van der Waals surface area contributed by atoms with Crippen LogP contribution in [0.15, 0.2) is 6.33 Å². The molecule has 0 bridgehead atoms. The lowest BCUT2D eigenvalue weighted by Gasteiger charge is -2.20. The Kier molecular flexibility index (Phi) is 4.26. The van der Waals surface area contributed by atoms with Crippen LogP contribution in [0.3, 0.4) is 0 Å². The van der Waals surface area contributed by atoms with Crippen molar-refractivity contribution in [1.82, 2.24) is 15.3 Å². The molecular weight excluding hydrogens is 258 g/mol. The lowest BCUT2D eigenvalue weighted by atomic mass is 10.2. The Morgan fingerprint density at radius 3 is 2.95 bits per heavy atom. The van der Waals surface area contributed by atoms with E-state index in [1.54, 1.807) is 0 Å². The summed E-state index contributed by atoms with van der Waals surface area (Å²) >= 11 is 0. The van der Waals surface area contributed by atoms with E-state index < -0.39 is 0 Å². The maximum atomic E-state index is 11.1. The van der Waals surface area contributed by atoms with Crippen molar-refractivity contribution in [3.63, 3.8) is 0 Å². The second kappa shape index (κ2) is 5.94. The van der Waals surface area contributed by atoms with E-state index >= 15 is 0 Å². The predicted octanol–water partition coefficient (Wildman–Crippen LogP) is 0.561. The van der Waals surface area contributed by atoms with Crippen molar-refractivity contribution in [2.45, 2.75) is 39.3 Å². The highest BCUT2D eigenvalue weighted by Gasteiger charge is 2.26. The topological polar surface area (TPSA) is 93.4 Å². The lowest BCUT2D eigenvalue weighted by Crippen LogP contribution is -2.35. The molecule has 0 spiro atoms. The average molecular weight is 279 g/mol. The van der Waals surface area contributed by atoms with E-state index in [2.05, 4.69) is 15.3 Å². The molecular formula is C13H21N5O2. The zero-order valence-electron chi connectivity index (χ0n) is 12.1. The molecule has 0 saturated carbocycles. The molecule has 1 aliphatic heterocycles. The number of hydrogen-bond acceptors (Lipinski definition) is 6. The molecule has 1 saturated heterocycles. The van der Waals surface area contributed by atoms with Crippen LogP contribution in [0.2, 0.25) is 0 Å². The molecule has 20 heavy (non-hydrogen) atoms. The van der Waals surface area contributed by atoms with Crippen molar-refractivity contribution in [3.05, 3.63) is 6.33 Å². The van der Waals surface area contributed by atoms with Gasteiger partial charge in [-0.3, -0.25) is 4.79 Å². The van der Waals surface area contributed by atoms with Crippen molar-refractivity contribution >= 4 is 17.4 Å². The minimum atomic E-state index is -0.0173. The molecule has 0 aromatic carbocycles. The molecule has 0 radical (unpaired) electrons. The minimum Gasteiger partial charge on any atom is -0.473 e. The Bertz CT molecular complexity index is 492. The Hall–Kier alpha value is -2.05. The van der Waals surface area contributed by atoms with Crippen LogP contribution in [0.1, 0.15) is 27.2 Å². The highest BCUT2D eigenvalue weighted by molar-refractivity contribution is 5.73. The number of hydrogen-bond donors (Lipinski definition) is 2. The number of nitrogen functional groups attached to an aromatic ring is 1. The third kappa shape index (κ3) is 3.28. The quantitative estimate of drug-likeness (QED) is 0.836. The van der Waals surface area contributed by atoms with E-state index in [-0.39, 0.29) is 18.1 Å². The first kappa shape index (κ1) is 14.4. The zero-order valence-corrected chi connectivity index (χ0v) is 12.1. The number of ether oxygens (including phenoxy) is 1. The standard InChI is InChI=1S/C13H21N5O2/c1-8(2)20-13-11(14)12(15-7-16-13)18-5-4-10(6-18)17-9(3)19/h7-8,10H,4-6,14H2,1-3H3,(H,17,19). The molecule has 110 valence electrons. The molecule has 1 atom stereocenters. The predicted molar refractivity (Wildman–Crippen MR) is 76.6 cm³/mol. The van der Waals surface area contributed by atoms with Gasteiger partial charge in [0.15, 0.2) is 5.82 Å². The Morgan fingerprint density at radius 1 is 1.55 bits per heavy atom. The molecule has 2 rings (SSSR count). The molecule has 3 N–H and O–H groups in total. The number of anilines is 2. The highest BCUT2D eigenvalue weighted by atomic mass is 16.5. The summed E-state index contributed by atoms with van der Waals surface area (Å²) in [6.07, 6.45) is 2.34. The van der Waals surface area contributed by atoms with Crippen molar-refractivity contribution in [2.75, 3.05) is 23.7 Å². The first-order valence-corrected chi connectivity index (χ1v) is 6.76. The van der Waals surface area contributed by atoms with Crippen LogP contribution in [0, 0.1) is 0 Å². The lowest BCUT2D eigenvalue weighted by molar-refractivity contribution is -0.119. The number of nitrogens with zero attached hydrogens (tertiary/aromatic N) is 3. The van der Waals surface area contributed by atoms with Crippen LogP contribution in [-0.2, 0) is 4.79 Å². The van der Waals surface area contributed by atoms with E-state index in [0.717, 1.165) is 13.0 Å². The summed E-state index contributed by atoms with van der Waals surface area (Å²) in [5, 5.41) is 2.91. The van der Waals surface area contributed by atoms with Gasteiger partial charge in [0.05, 0.1) is 6.10 Å². The van der Waals surface area contributed by atoms with Crippen molar-refractivity contribution in [2.24, 2.45) is 0 Å². The second-order valence-corrected chi connectivity index (χ2v) is 5.21. The molecule has 1 fully saturated rings. The van der Waals surface area contributed by atoms with Crippen LogP contribution < -0.4 is 20.7 Å². The summed E-state index contributed by atoms with van der Waals surface area (Å²) < 4.78 is 5.56. The third-order valence-corrected chi connectivity index (χ3v) is 3.07. The fourth-order valence-corrected chi connectivity index (χ4v) is 2.30.